The van der Waals surface area contributed by atoms with Gasteiger partial charge in [-0.3, -0.25) is 14.9 Å². The highest BCUT2D eigenvalue weighted by atomic mass is 32.2. The fraction of sp³-hybridized carbons (Fsp3) is 0.682. The van der Waals surface area contributed by atoms with Crippen LogP contribution >= 0.6 is 0 Å². The minimum atomic E-state index is -3.85. The van der Waals surface area contributed by atoms with Gasteiger partial charge in [-0.25, -0.2) is 8.42 Å². The van der Waals surface area contributed by atoms with Crippen molar-refractivity contribution in [3.8, 4) is 0 Å². The van der Waals surface area contributed by atoms with E-state index in [2.05, 4.69) is 25.7 Å². The molecule has 0 bridgehead atoms. The Morgan fingerprint density at radius 2 is 1.84 bits per heavy atom. The number of piperidine rings is 1. The molecule has 2 aliphatic rings. The van der Waals surface area contributed by atoms with Gasteiger partial charge in [0.2, 0.25) is 15.9 Å². The maximum atomic E-state index is 13.3. The van der Waals surface area contributed by atoms with Crippen molar-refractivity contribution in [2.45, 2.75) is 76.8 Å². The zero-order chi connectivity index (χ0) is 22.9. The molecule has 9 heteroatoms. The molecule has 1 aromatic carbocycles. The second-order valence-electron chi connectivity index (χ2n) is 8.99. The highest BCUT2D eigenvalue weighted by molar-refractivity contribution is 7.89. The van der Waals surface area contributed by atoms with Crippen molar-refractivity contribution in [1.29, 1.82) is 0 Å². The number of carbonyl (C=O) groups excluding carboxylic acids is 1. The molecule has 1 aliphatic heterocycles. The largest absolute Gasteiger partial charge is 0.337 e. The van der Waals surface area contributed by atoms with Gasteiger partial charge in [-0.2, -0.15) is 4.31 Å². The molecule has 172 valence electrons. The number of hydrogen-bond acceptors (Lipinski definition) is 5. The Bertz CT molecular complexity index is 936. The molecule has 0 radical (unpaired) electrons. The molecule has 0 spiro atoms. The molecule has 2 fully saturated rings. The molecule has 0 N–H and O–H groups in total. The minimum Gasteiger partial charge on any atom is -0.337 e. The standard InChI is InChI=1S/C22H33N3O5S/c1-5-15(2)17(4)24(19-8-9-19)22(26)18-10-12-23(13-11-18)31(29,30)21-14-20(25(27)28)7-6-16(21)3/h6-7,14-15,17-19H,5,8-13H2,1-4H3. The summed E-state index contributed by atoms with van der Waals surface area (Å²) in [5, 5.41) is 11.1. The predicted molar refractivity (Wildman–Crippen MR) is 118 cm³/mol. The quantitative estimate of drug-likeness (QED) is 0.443. The van der Waals surface area contributed by atoms with Gasteiger partial charge in [-0.15, -0.1) is 0 Å². The molecule has 1 saturated heterocycles. The molecule has 31 heavy (non-hydrogen) atoms. The van der Waals surface area contributed by atoms with Gasteiger partial charge in [0.1, 0.15) is 0 Å². The van der Waals surface area contributed by atoms with Crippen LogP contribution in [0.2, 0.25) is 0 Å². The van der Waals surface area contributed by atoms with E-state index in [0.29, 0.717) is 30.4 Å². The number of sulfonamides is 1. The number of aryl methyl sites for hydroxylation is 1. The monoisotopic (exact) mass is 451 g/mol. The third-order valence-corrected chi connectivity index (χ3v) is 8.95. The van der Waals surface area contributed by atoms with Gasteiger partial charge in [-0.1, -0.05) is 26.3 Å². The Morgan fingerprint density at radius 3 is 2.35 bits per heavy atom. The Labute approximate surface area is 184 Å². The van der Waals surface area contributed by atoms with E-state index in [1.54, 1.807) is 6.92 Å². The summed E-state index contributed by atoms with van der Waals surface area (Å²) in [6.07, 6.45) is 4.06. The van der Waals surface area contributed by atoms with Crippen LogP contribution in [0.15, 0.2) is 23.1 Å². The van der Waals surface area contributed by atoms with Crippen molar-refractivity contribution in [3.63, 3.8) is 0 Å². The number of nitrogens with zero attached hydrogens (tertiary/aromatic N) is 3. The van der Waals surface area contributed by atoms with E-state index in [0.717, 1.165) is 25.3 Å². The summed E-state index contributed by atoms with van der Waals surface area (Å²) in [5.41, 5.74) is 0.236. The zero-order valence-electron chi connectivity index (χ0n) is 18.8. The van der Waals surface area contributed by atoms with E-state index in [9.17, 15) is 23.3 Å². The molecule has 8 nitrogen and oxygen atoms in total. The zero-order valence-corrected chi connectivity index (χ0v) is 19.6. The first-order chi connectivity index (χ1) is 14.6. The van der Waals surface area contributed by atoms with Crippen molar-refractivity contribution >= 4 is 21.6 Å². The molecule has 2 atom stereocenters. The molecule has 0 aromatic heterocycles. The van der Waals surface area contributed by atoms with E-state index in [1.165, 1.54) is 16.4 Å². The molecule has 2 unspecified atom stereocenters. The second kappa shape index (κ2) is 9.24. The van der Waals surface area contributed by atoms with E-state index in [1.807, 2.05) is 0 Å². The number of hydrogen-bond donors (Lipinski definition) is 0. The lowest BCUT2D eigenvalue weighted by molar-refractivity contribution is -0.385. The van der Waals surface area contributed by atoms with Crippen LogP contribution in [0.5, 0.6) is 0 Å². The summed E-state index contributed by atoms with van der Waals surface area (Å²) >= 11 is 0. The highest BCUT2D eigenvalue weighted by Gasteiger charge is 2.41. The van der Waals surface area contributed by atoms with Gasteiger partial charge >= 0.3 is 0 Å². The van der Waals surface area contributed by atoms with E-state index in [4.69, 9.17) is 0 Å². The van der Waals surface area contributed by atoms with Crippen LogP contribution in [0.4, 0.5) is 5.69 Å². The summed E-state index contributed by atoms with van der Waals surface area (Å²) in [6, 6.07) is 4.41. The molecule has 1 amide bonds. The fourth-order valence-electron chi connectivity index (χ4n) is 4.35. The van der Waals surface area contributed by atoms with Gasteiger partial charge in [0.15, 0.2) is 0 Å². The van der Waals surface area contributed by atoms with Crippen molar-refractivity contribution < 1.29 is 18.1 Å². The molecule has 3 rings (SSSR count). The lowest BCUT2D eigenvalue weighted by atomic mass is 9.93. The van der Waals surface area contributed by atoms with Crippen molar-refractivity contribution in [3.05, 3.63) is 33.9 Å². The average Bonchev–Trinajstić information content (AvgIpc) is 3.58. The number of carbonyl (C=O) groups is 1. The van der Waals surface area contributed by atoms with Crippen molar-refractivity contribution in [2.75, 3.05) is 13.1 Å². The molecule has 1 heterocycles. The van der Waals surface area contributed by atoms with Crippen LogP contribution in [0.3, 0.4) is 0 Å². The van der Waals surface area contributed by atoms with Crippen LogP contribution in [0, 0.1) is 28.9 Å². The maximum Gasteiger partial charge on any atom is 0.270 e. The summed E-state index contributed by atoms with van der Waals surface area (Å²) < 4.78 is 27.7. The second-order valence-corrected chi connectivity index (χ2v) is 10.9. The summed E-state index contributed by atoms with van der Waals surface area (Å²) in [5.74, 6) is 0.394. The normalized spacial score (nSPS) is 20.3. The van der Waals surface area contributed by atoms with Crippen LogP contribution in [-0.2, 0) is 14.8 Å². The van der Waals surface area contributed by atoms with Crippen LogP contribution in [0.1, 0.15) is 58.4 Å². The van der Waals surface area contributed by atoms with Crippen LogP contribution < -0.4 is 0 Å². The average molecular weight is 452 g/mol. The molecule has 1 saturated carbocycles. The smallest absolute Gasteiger partial charge is 0.270 e. The molecular weight excluding hydrogens is 418 g/mol. The number of non-ortho nitro benzene ring substituents is 1. The third kappa shape index (κ3) is 4.92. The first kappa shape index (κ1) is 23.7. The number of nitro groups is 1. The fourth-order valence-corrected chi connectivity index (χ4v) is 6.07. The molecule has 1 aliphatic carbocycles. The number of nitro benzene ring substituents is 1. The number of benzene rings is 1. The summed E-state index contributed by atoms with van der Waals surface area (Å²) in [6.45, 7) is 8.56. The summed E-state index contributed by atoms with van der Waals surface area (Å²) in [4.78, 5) is 25.9. The topological polar surface area (TPSA) is 101 Å². The lowest BCUT2D eigenvalue weighted by Gasteiger charge is -2.38. The Hall–Kier alpha value is -2.00. The Kier molecular flexibility index (Phi) is 7.05. The third-order valence-electron chi connectivity index (χ3n) is 6.90. The number of rotatable bonds is 8. The van der Waals surface area contributed by atoms with Crippen molar-refractivity contribution in [2.24, 2.45) is 11.8 Å². The lowest BCUT2D eigenvalue weighted by Crippen LogP contribution is -2.49. The Balaban J connectivity index is 1.72. The molecular formula is C22H33N3O5S. The number of amides is 1. The maximum absolute atomic E-state index is 13.3. The van der Waals surface area contributed by atoms with Crippen LogP contribution in [-0.4, -0.2) is 53.6 Å². The first-order valence-electron chi connectivity index (χ1n) is 11.1. The van der Waals surface area contributed by atoms with Gasteiger partial charge in [0, 0.05) is 43.2 Å². The predicted octanol–water partition coefficient (Wildman–Crippen LogP) is 3.73. The Morgan fingerprint density at radius 1 is 1.23 bits per heavy atom. The van der Waals surface area contributed by atoms with Gasteiger partial charge in [0.25, 0.3) is 5.69 Å². The summed E-state index contributed by atoms with van der Waals surface area (Å²) in [7, 11) is -3.85. The van der Waals surface area contributed by atoms with Crippen molar-refractivity contribution in [1.82, 2.24) is 9.21 Å². The minimum absolute atomic E-state index is 0.0310. The van der Waals surface area contributed by atoms with Crippen LogP contribution in [0.25, 0.3) is 0 Å². The SMILES string of the molecule is CCC(C)C(C)N(C(=O)C1CCN(S(=O)(=O)c2cc([N+](=O)[O-])ccc2C)CC1)C1CC1. The van der Waals surface area contributed by atoms with E-state index in [-0.39, 0.29) is 41.5 Å². The highest BCUT2D eigenvalue weighted by Crippen LogP contribution is 2.35. The molecule has 1 aromatic rings. The van der Waals surface area contributed by atoms with Gasteiger partial charge in [-0.05, 0) is 51.0 Å². The van der Waals surface area contributed by atoms with Gasteiger partial charge in [0.05, 0.1) is 9.82 Å². The first-order valence-corrected chi connectivity index (χ1v) is 12.6. The van der Waals surface area contributed by atoms with E-state index < -0.39 is 14.9 Å². The van der Waals surface area contributed by atoms with Gasteiger partial charge < -0.3 is 4.90 Å². The van der Waals surface area contributed by atoms with E-state index >= 15 is 0 Å².